The number of benzene rings is 1. The molecule has 0 radical (unpaired) electrons. The van der Waals surface area contributed by atoms with Crippen LogP contribution in [0, 0.1) is 13.8 Å². The summed E-state index contributed by atoms with van der Waals surface area (Å²) in [7, 11) is 0. The number of nitrogens with one attached hydrogen (secondary N) is 1. The summed E-state index contributed by atoms with van der Waals surface area (Å²) in [6, 6.07) is 6.88. The van der Waals surface area contributed by atoms with Crippen molar-refractivity contribution in [2.75, 3.05) is 0 Å². The smallest absolute Gasteiger partial charge is 0.330 e. The molecule has 3 rings (SSSR count). The third kappa shape index (κ3) is 2.80. The van der Waals surface area contributed by atoms with Gasteiger partial charge < -0.3 is 5.73 Å². The molecule has 0 fully saturated rings. The Morgan fingerprint density at radius 3 is 2.44 bits per heavy atom. The van der Waals surface area contributed by atoms with Gasteiger partial charge in [0, 0.05) is 10.4 Å². The van der Waals surface area contributed by atoms with Crippen molar-refractivity contribution in [3.63, 3.8) is 0 Å². The molecule has 3 N–H and O–H groups in total. The zero-order chi connectivity index (χ0) is 18.3. The van der Waals surface area contributed by atoms with Crippen LogP contribution in [0.2, 0.25) is 0 Å². The Kier molecular flexibility index (Phi) is 4.34. The number of aryl methyl sites for hydroxylation is 2. The molecule has 1 aromatic carbocycles. The van der Waals surface area contributed by atoms with E-state index in [2.05, 4.69) is 4.98 Å². The van der Waals surface area contributed by atoms with E-state index < -0.39 is 23.2 Å². The van der Waals surface area contributed by atoms with E-state index in [1.54, 1.807) is 6.92 Å². The zero-order valence-electron chi connectivity index (χ0n) is 14.3. The van der Waals surface area contributed by atoms with E-state index in [-0.39, 0.29) is 6.42 Å². The van der Waals surface area contributed by atoms with Crippen LogP contribution in [0.3, 0.4) is 0 Å². The van der Waals surface area contributed by atoms with Gasteiger partial charge in [0.25, 0.3) is 5.56 Å². The Balaban J connectivity index is 2.39. The molecule has 0 aliphatic heterocycles. The molecule has 1 unspecified atom stereocenters. The summed E-state index contributed by atoms with van der Waals surface area (Å²) < 4.78 is 0.939. The third-order valence-corrected chi connectivity index (χ3v) is 5.34. The first-order chi connectivity index (χ1) is 11.8. The highest BCUT2D eigenvalue weighted by atomic mass is 32.1. The lowest BCUT2D eigenvalue weighted by Crippen LogP contribution is -2.42. The minimum Gasteiger partial charge on any atom is -0.368 e. The van der Waals surface area contributed by atoms with Crippen molar-refractivity contribution in [3.8, 4) is 11.1 Å². The van der Waals surface area contributed by atoms with Crippen LogP contribution in [0.15, 0.2) is 33.9 Å². The van der Waals surface area contributed by atoms with Crippen molar-refractivity contribution in [2.45, 2.75) is 33.2 Å². The highest BCUT2D eigenvalue weighted by Crippen LogP contribution is 2.35. The van der Waals surface area contributed by atoms with Gasteiger partial charge in [0.15, 0.2) is 0 Å². The van der Waals surface area contributed by atoms with E-state index in [1.807, 2.05) is 38.1 Å². The SMILES string of the molecule is CCC(C(N)=O)n1c(=O)[nH]c2sc(C)c(-c3ccc(C)cc3)c2c1=O. The molecular formula is C18H19N3O3S. The van der Waals surface area contributed by atoms with Gasteiger partial charge in [-0.25, -0.2) is 9.36 Å². The van der Waals surface area contributed by atoms with Gasteiger partial charge in [-0.3, -0.25) is 14.6 Å². The Labute approximate surface area is 147 Å². The maximum Gasteiger partial charge on any atom is 0.330 e. The summed E-state index contributed by atoms with van der Waals surface area (Å²) in [6.45, 7) is 5.62. The minimum absolute atomic E-state index is 0.271. The van der Waals surface area contributed by atoms with E-state index >= 15 is 0 Å². The topological polar surface area (TPSA) is 97.9 Å². The van der Waals surface area contributed by atoms with E-state index in [0.717, 1.165) is 26.1 Å². The molecule has 1 atom stereocenters. The first-order valence-electron chi connectivity index (χ1n) is 7.99. The van der Waals surface area contributed by atoms with Crippen LogP contribution in [-0.4, -0.2) is 15.5 Å². The van der Waals surface area contributed by atoms with Crippen molar-refractivity contribution in [3.05, 3.63) is 55.5 Å². The molecule has 3 aromatic rings. The van der Waals surface area contributed by atoms with E-state index in [1.165, 1.54) is 11.3 Å². The lowest BCUT2D eigenvalue weighted by atomic mass is 10.0. The molecule has 0 spiro atoms. The normalized spacial score (nSPS) is 12.4. The number of rotatable bonds is 4. The maximum absolute atomic E-state index is 13.1. The number of nitrogens with two attached hydrogens (primary N) is 1. The van der Waals surface area contributed by atoms with Crippen LogP contribution in [0.25, 0.3) is 21.3 Å². The van der Waals surface area contributed by atoms with Crippen molar-refractivity contribution in [1.82, 2.24) is 9.55 Å². The summed E-state index contributed by atoms with van der Waals surface area (Å²) in [5.74, 6) is -0.696. The first-order valence-corrected chi connectivity index (χ1v) is 8.81. The fourth-order valence-electron chi connectivity index (χ4n) is 3.07. The van der Waals surface area contributed by atoms with Crippen LogP contribution in [0.1, 0.15) is 29.8 Å². The summed E-state index contributed by atoms with van der Waals surface area (Å²) in [5, 5.41) is 0.422. The predicted molar refractivity (Wildman–Crippen MR) is 100 cm³/mol. The summed E-state index contributed by atoms with van der Waals surface area (Å²) in [6.07, 6.45) is 0.271. The molecule has 0 saturated carbocycles. The van der Waals surface area contributed by atoms with Crippen LogP contribution in [0.5, 0.6) is 0 Å². The highest BCUT2D eigenvalue weighted by Gasteiger charge is 2.24. The molecule has 0 saturated heterocycles. The molecule has 6 nitrogen and oxygen atoms in total. The van der Waals surface area contributed by atoms with Crippen molar-refractivity contribution in [2.24, 2.45) is 5.73 Å². The van der Waals surface area contributed by atoms with E-state index in [9.17, 15) is 14.4 Å². The number of thiophene rings is 1. The lowest BCUT2D eigenvalue weighted by Gasteiger charge is -2.13. The molecular weight excluding hydrogens is 338 g/mol. The monoisotopic (exact) mass is 357 g/mol. The zero-order valence-corrected chi connectivity index (χ0v) is 15.1. The number of primary amides is 1. The van der Waals surface area contributed by atoms with Crippen LogP contribution in [0.4, 0.5) is 0 Å². The predicted octanol–water partition coefficient (Wildman–Crippen LogP) is 2.47. The Bertz CT molecular complexity index is 1070. The molecule has 7 heteroatoms. The molecule has 0 aliphatic carbocycles. The van der Waals surface area contributed by atoms with Gasteiger partial charge in [-0.1, -0.05) is 36.8 Å². The van der Waals surface area contributed by atoms with Gasteiger partial charge in [-0.05, 0) is 25.8 Å². The van der Waals surface area contributed by atoms with Crippen molar-refractivity contribution in [1.29, 1.82) is 0 Å². The van der Waals surface area contributed by atoms with Crippen LogP contribution < -0.4 is 17.0 Å². The highest BCUT2D eigenvalue weighted by molar-refractivity contribution is 7.19. The molecule has 0 aliphatic rings. The number of carbonyl (C=O) groups is 1. The molecule has 130 valence electrons. The second kappa shape index (κ2) is 6.33. The fraction of sp³-hybridized carbons (Fsp3) is 0.278. The number of carbonyl (C=O) groups excluding carboxylic acids is 1. The largest absolute Gasteiger partial charge is 0.368 e. The van der Waals surface area contributed by atoms with Crippen LogP contribution in [-0.2, 0) is 4.79 Å². The van der Waals surface area contributed by atoms with E-state index in [4.69, 9.17) is 5.73 Å². The number of fused-ring (bicyclic) bond motifs is 1. The Hall–Kier alpha value is -2.67. The number of H-pyrrole nitrogens is 1. The minimum atomic E-state index is -0.966. The molecule has 25 heavy (non-hydrogen) atoms. The summed E-state index contributed by atoms with van der Waals surface area (Å²) in [4.78, 5) is 41.3. The summed E-state index contributed by atoms with van der Waals surface area (Å²) in [5.41, 5.74) is 7.09. The first kappa shape index (κ1) is 17.2. The number of hydrogen-bond acceptors (Lipinski definition) is 4. The Morgan fingerprint density at radius 1 is 1.24 bits per heavy atom. The van der Waals surface area contributed by atoms with Gasteiger partial charge in [-0.2, -0.15) is 0 Å². The maximum atomic E-state index is 13.1. The van der Waals surface area contributed by atoms with Crippen molar-refractivity contribution < 1.29 is 4.79 Å². The molecule has 1 amide bonds. The molecule has 0 bridgehead atoms. The van der Waals surface area contributed by atoms with Gasteiger partial charge in [0.05, 0.1) is 5.39 Å². The second-order valence-corrected chi connectivity index (χ2v) is 7.26. The molecule has 2 aromatic heterocycles. The van der Waals surface area contributed by atoms with Gasteiger partial charge >= 0.3 is 5.69 Å². The summed E-state index contributed by atoms with van der Waals surface area (Å²) >= 11 is 1.36. The number of aromatic nitrogens is 2. The average Bonchev–Trinajstić information content (AvgIpc) is 2.88. The van der Waals surface area contributed by atoms with Gasteiger partial charge in [-0.15, -0.1) is 11.3 Å². The number of aromatic amines is 1. The molecule has 2 heterocycles. The Morgan fingerprint density at radius 2 is 1.88 bits per heavy atom. The van der Waals surface area contributed by atoms with E-state index in [0.29, 0.717) is 10.2 Å². The van der Waals surface area contributed by atoms with Gasteiger partial charge in [0.2, 0.25) is 5.91 Å². The number of amides is 1. The lowest BCUT2D eigenvalue weighted by molar-refractivity contribution is -0.121. The third-order valence-electron chi connectivity index (χ3n) is 4.32. The number of nitrogens with zero attached hydrogens (tertiary/aromatic N) is 1. The van der Waals surface area contributed by atoms with Gasteiger partial charge in [0.1, 0.15) is 10.9 Å². The standard InChI is InChI=1S/C18H19N3O3S/c1-4-12(15(19)22)21-17(23)14-13(11-7-5-9(2)6-8-11)10(3)25-16(14)20-18(21)24/h5-8,12H,4H2,1-3H3,(H2,19,22)(H,20,24). The quantitative estimate of drug-likeness (QED) is 0.750. The van der Waals surface area contributed by atoms with Crippen LogP contribution >= 0.6 is 11.3 Å². The second-order valence-electron chi connectivity index (χ2n) is 6.04. The average molecular weight is 357 g/mol. The van der Waals surface area contributed by atoms with Crippen molar-refractivity contribution >= 4 is 27.5 Å². The fourth-order valence-corrected chi connectivity index (χ4v) is 4.13. The number of hydrogen-bond donors (Lipinski definition) is 2.